The zero-order valence-electron chi connectivity index (χ0n) is 11.3. The third kappa shape index (κ3) is 4.46. The summed E-state index contributed by atoms with van der Waals surface area (Å²) in [6.45, 7) is 7.50. The van der Waals surface area contributed by atoms with E-state index in [0.717, 1.165) is 11.3 Å². The van der Waals surface area contributed by atoms with E-state index in [-0.39, 0.29) is 0 Å². The normalized spacial score (nSPS) is 28.4. The molecule has 2 fully saturated rings. The second-order valence-electron chi connectivity index (χ2n) is 5.41. The number of nitrogens with zero attached hydrogens (tertiary/aromatic N) is 1. The number of nitrogens with one attached hydrogen (secondary N) is 1. The summed E-state index contributed by atoms with van der Waals surface area (Å²) in [6.07, 6.45) is 8.42. The van der Waals surface area contributed by atoms with Crippen molar-refractivity contribution in [1.29, 1.82) is 0 Å². The minimum atomic E-state index is 0.886. The minimum Gasteiger partial charge on any atom is -0.317 e. The summed E-state index contributed by atoms with van der Waals surface area (Å²) in [5, 5.41) is 4.38. The van der Waals surface area contributed by atoms with Gasteiger partial charge in [0.05, 0.1) is 0 Å². The number of piperidine rings is 2. The van der Waals surface area contributed by atoms with Gasteiger partial charge in [0.2, 0.25) is 0 Å². The van der Waals surface area contributed by atoms with Gasteiger partial charge in [-0.3, -0.25) is 4.90 Å². The van der Waals surface area contributed by atoms with E-state index in [2.05, 4.69) is 28.9 Å². The maximum Gasteiger partial charge on any atom is 0.00929 e. The van der Waals surface area contributed by atoms with E-state index in [0.29, 0.717) is 0 Å². The smallest absolute Gasteiger partial charge is 0.00929 e. The Morgan fingerprint density at radius 3 is 2.76 bits per heavy atom. The molecule has 100 valence electrons. The van der Waals surface area contributed by atoms with Crippen molar-refractivity contribution in [2.75, 3.05) is 31.9 Å². The summed E-state index contributed by atoms with van der Waals surface area (Å²) < 4.78 is 0. The fourth-order valence-electron chi connectivity index (χ4n) is 3.12. The second kappa shape index (κ2) is 7.65. The third-order valence-electron chi connectivity index (χ3n) is 4.24. The molecule has 0 bridgehead atoms. The quantitative estimate of drug-likeness (QED) is 0.814. The number of rotatable bonds is 5. The number of hydrogen-bond acceptors (Lipinski definition) is 3. The van der Waals surface area contributed by atoms with Crippen molar-refractivity contribution >= 4 is 11.8 Å². The predicted octanol–water partition coefficient (Wildman–Crippen LogP) is 2.74. The van der Waals surface area contributed by atoms with E-state index in [1.807, 2.05) is 0 Å². The molecule has 3 heteroatoms. The van der Waals surface area contributed by atoms with E-state index in [9.17, 15) is 0 Å². The zero-order chi connectivity index (χ0) is 11.9. The summed E-state index contributed by atoms with van der Waals surface area (Å²) in [5.74, 6) is 1.35. The third-order valence-corrected chi connectivity index (χ3v) is 5.60. The maximum atomic E-state index is 3.45. The Bertz CT molecular complexity index is 204. The lowest BCUT2D eigenvalue weighted by molar-refractivity contribution is 0.153. The first kappa shape index (κ1) is 13.7. The van der Waals surface area contributed by atoms with E-state index in [1.165, 1.54) is 70.5 Å². The summed E-state index contributed by atoms with van der Waals surface area (Å²) in [7, 11) is 0. The van der Waals surface area contributed by atoms with Gasteiger partial charge in [-0.05, 0) is 51.7 Å². The Morgan fingerprint density at radius 1 is 1.18 bits per heavy atom. The predicted molar refractivity (Wildman–Crippen MR) is 77.9 cm³/mol. The van der Waals surface area contributed by atoms with Crippen LogP contribution in [-0.4, -0.2) is 48.1 Å². The van der Waals surface area contributed by atoms with Crippen molar-refractivity contribution in [3.8, 4) is 0 Å². The van der Waals surface area contributed by atoms with Crippen LogP contribution in [0.15, 0.2) is 0 Å². The SMILES string of the molecule is CCC1CCCCN1CCSC1CCNCC1. The van der Waals surface area contributed by atoms with Crippen molar-refractivity contribution in [1.82, 2.24) is 10.2 Å². The van der Waals surface area contributed by atoms with Crippen LogP contribution in [0.2, 0.25) is 0 Å². The molecule has 1 atom stereocenters. The molecule has 1 unspecified atom stereocenters. The van der Waals surface area contributed by atoms with Crippen LogP contribution in [-0.2, 0) is 0 Å². The van der Waals surface area contributed by atoms with Crippen LogP contribution >= 0.6 is 11.8 Å². The van der Waals surface area contributed by atoms with Gasteiger partial charge < -0.3 is 5.32 Å². The van der Waals surface area contributed by atoms with Gasteiger partial charge in [-0.1, -0.05) is 13.3 Å². The van der Waals surface area contributed by atoms with Gasteiger partial charge in [0.15, 0.2) is 0 Å². The topological polar surface area (TPSA) is 15.3 Å². The van der Waals surface area contributed by atoms with E-state index < -0.39 is 0 Å². The van der Waals surface area contributed by atoms with Gasteiger partial charge in [0.25, 0.3) is 0 Å². The summed E-state index contributed by atoms with van der Waals surface area (Å²) >= 11 is 2.22. The molecule has 0 amide bonds. The Kier molecular flexibility index (Phi) is 6.16. The van der Waals surface area contributed by atoms with Crippen molar-refractivity contribution < 1.29 is 0 Å². The van der Waals surface area contributed by atoms with Crippen LogP contribution in [0.5, 0.6) is 0 Å². The molecule has 2 nitrogen and oxygen atoms in total. The summed E-state index contributed by atoms with van der Waals surface area (Å²) in [5.41, 5.74) is 0. The molecule has 0 spiro atoms. The molecule has 0 radical (unpaired) electrons. The average Bonchev–Trinajstić information content (AvgIpc) is 2.40. The highest BCUT2D eigenvalue weighted by Gasteiger charge is 2.20. The molecule has 0 aromatic heterocycles. The van der Waals surface area contributed by atoms with Gasteiger partial charge in [0, 0.05) is 23.6 Å². The Morgan fingerprint density at radius 2 is 2.00 bits per heavy atom. The molecule has 0 saturated carbocycles. The Hall–Kier alpha value is 0.270. The lowest BCUT2D eigenvalue weighted by Gasteiger charge is -2.35. The first-order valence-electron chi connectivity index (χ1n) is 7.46. The lowest BCUT2D eigenvalue weighted by Crippen LogP contribution is -2.40. The van der Waals surface area contributed by atoms with Crippen LogP contribution in [0.1, 0.15) is 45.4 Å². The van der Waals surface area contributed by atoms with Gasteiger partial charge in [-0.15, -0.1) is 0 Å². The van der Waals surface area contributed by atoms with Crippen molar-refractivity contribution in [2.24, 2.45) is 0 Å². The Balaban J connectivity index is 1.62. The van der Waals surface area contributed by atoms with Gasteiger partial charge in [0.1, 0.15) is 0 Å². The fraction of sp³-hybridized carbons (Fsp3) is 1.00. The van der Waals surface area contributed by atoms with Crippen LogP contribution < -0.4 is 5.32 Å². The lowest BCUT2D eigenvalue weighted by atomic mass is 10.0. The van der Waals surface area contributed by atoms with Crippen molar-refractivity contribution in [3.05, 3.63) is 0 Å². The molecule has 2 heterocycles. The highest BCUT2D eigenvalue weighted by atomic mass is 32.2. The minimum absolute atomic E-state index is 0.886. The highest BCUT2D eigenvalue weighted by molar-refractivity contribution is 7.99. The van der Waals surface area contributed by atoms with Gasteiger partial charge in [-0.2, -0.15) is 11.8 Å². The van der Waals surface area contributed by atoms with Gasteiger partial charge in [-0.25, -0.2) is 0 Å². The standard InChI is InChI=1S/C14H28N2S/c1-2-13-5-3-4-10-16(13)11-12-17-14-6-8-15-9-7-14/h13-15H,2-12H2,1H3. The van der Waals surface area contributed by atoms with Crippen molar-refractivity contribution in [2.45, 2.75) is 56.7 Å². The van der Waals surface area contributed by atoms with E-state index >= 15 is 0 Å². The van der Waals surface area contributed by atoms with Crippen molar-refractivity contribution in [3.63, 3.8) is 0 Å². The number of hydrogen-bond donors (Lipinski definition) is 1. The highest BCUT2D eigenvalue weighted by Crippen LogP contribution is 2.23. The van der Waals surface area contributed by atoms with Crippen LogP contribution in [0.3, 0.4) is 0 Å². The van der Waals surface area contributed by atoms with Gasteiger partial charge >= 0.3 is 0 Å². The van der Waals surface area contributed by atoms with Crippen LogP contribution in [0.4, 0.5) is 0 Å². The fourth-order valence-corrected chi connectivity index (χ4v) is 4.36. The monoisotopic (exact) mass is 256 g/mol. The molecule has 2 aliphatic rings. The molecule has 0 aliphatic carbocycles. The molecular weight excluding hydrogens is 228 g/mol. The molecule has 2 saturated heterocycles. The maximum absolute atomic E-state index is 3.45. The summed E-state index contributed by atoms with van der Waals surface area (Å²) in [6, 6.07) is 0.886. The second-order valence-corrected chi connectivity index (χ2v) is 6.82. The molecule has 2 aliphatic heterocycles. The summed E-state index contributed by atoms with van der Waals surface area (Å²) in [4.78, 5) is 2.75. The molecule has 1 N–H and O–H groups in total. The van der Waals surface area contributed by atoms with Crippen LogP contribution in [0.25, 0.3) is 0 Å². The number of thioether (sulfide) groups is 1. The van der Waals surface area contributed by atoms with E-state index in [1.54, 1.807) is 0 Å². The first-order valence-corrected chi connectivity index (χ1v) is 8.51. The van der Waals surface area contributed by atoms with E-state index in [4.69, 9.17) is 0 Å². The molecule has 0 aromatic carbocycles. The molecule has 17 heavy (non-hydrogen) atoms. The average molecular weight is 256 g/mol. The number of likely N-dealkylation sites (tertiary alicyclic amines) is 1. The largest absolute Gasteiger partial charge is 0.317 e. The van der Waals surface area contributed by atoms with Crippen LogP contribution in [0, 0.1) is 0 Å². The zero-order valence-corrected chi connectivity index (χ0v) is 12.1. The Labute approximate surface area is 111 Å². The molecule has 0 aromatic rings. The molecule has 2 rings (SSSR count). The first-order chi connectivity index (χ1) is 8.40. The molecular formula is C14H28N2S.